The van der Waals surface area contributed by atoms with Crippen molar-refractivity contribution in [2.45, 2.75) is 44.1 Å². The Balaban J connectivity index is 1.67. The van der Waals surface area contributed by atoms with E-state index in [2.05, 4.69) is 29.2 Å². The summed E-state index contributed by atoms with van der Waals surface area (Å²) in [6, 6.07) is 8.95. The van der Waals surface area contributed by atoms with Gasteiger partial charge in [-0.15, -0.1) is 0 Å². The highest BCUT2D eigenvalue weighted by molar-refractivity contribution is 5.32. The average molecular weight is 245 g/mol. The molecule has 0 unspecified atom stereocenters. The maximum atomic E-state index is 9.56. The van der Waals surface area contributed by atoms with Gasteiger partial charge in [0.2, 0.25) is 0 Å². The first kappa shape index (κ1) is 12.2. The summed E-state index contributed by atoms with van der Waals surface area (Å²) in [7, 11) is 0. The van der Waals surface area contributed by atoms with Crippen LogP contribution in [0.2, 0.25) is 0 Å². The van der Waals surface area contributed by atoms with Crippen molar-refractivity contribution in [1.29, 1.82) is 0 Å². The van der Waals surface area contributed by atoms with Gasteiger partial charge in [-0.1, -0.05) is 24.3 Å². The quantitative estimate of drug-likeness (QED) is 0.865. The molecule has 1 heterocycles. The molecule has 1 saturated heterocycles. The third-order valence-electron chi connectivity index (χ3n) is 4.53. The molecular formula is C16H23NO. The van der Waals surface area contributed by atoms with Crippen molar-refractivity contribution in [3.63, 3.8) is 0 Å². The normalized spacial score (nSPS) is 25.9. The Bertz CT molecular complexity index is 396. The van der Waals surface area contributed by atoms with Crippen LogP contribution < -0.4 is 0 Å². The third-order valence-corrected chi connectivity index (χ3v) is 4.53. The first-order chi connectivity index (χ1) is 8.83. The predicted octanol–water partition coefficient (Wildman–Crippen LogP) is 2.56. The van der Waals surface area contributed by atoms with Crippen molar-refractivity contribution in [1.82, 2.24) is 4.90 Å². The van der Waals surface area contributed by atoms with Crippen molar-refractivity contribution in [3.05, 3.63) is 35.4 Å². The number of hydrogen-bond donors (Lipinski definition) is 1. The van der Waals surface area contributed by atoms with Crippen LogP contribution >= 0.6 is 0 Å². The maximum Gasteiger partial charge on any atom is 0.0564 e. The van der Waals surface area contributed by atoms with Crippen LogP contribution in [-0.4, -0.2) is 35.7 Å². The Morgan fingerprint density at radius 1 is 1.11 bits per heavy atom. The minimum atomic E-state index is -0.0557. The van der Waals surface area contributed by atoms with E-state index in [0.29, 0.717) is 5.92 Å². The Kier molecular flexibility index (Phi) is 3.67. The molecule has 2 nitrogen and oxygen atoms in total. The molecule has 18 heavy (non-hydrogen) atoms. The highest BCUT2D eigenvalue weighted by Crippen LogP contribution is 2.32. The molecular weight excluding hydrogens is 222 g/mol. The van der Waals surface area contributed by atoms with Crippen LogP contribution in [0.25, 0.3) is 0 Å². The first-order valence-corrected chi connectivity index (χ1v) is 7.31. The predicted molar refractivity (Wildman–Crippen MR) is 73.8 cm³/mol. The summed E-state index contributed by atoms with van der Waals surface area (Å²) in [6.07, 6.45) is 5.77. The van der Waals surface area contributed by atoms with Crippen molar-refractivity contribution in [3.8, 4) is 0 Å². The number of fused-ring (bicyclic) bond motifs is 1. The Morgan fingerprint density at radius 3 is 2.72 bits per heavy atom. The fourth-order valence-corrected chi connectivity index (χ4v) is 3.46. The van der Waals surface area contributed by atoms with Crippen LogP contribution in [0.4, 0.5) is 0 Å². The number of rotatable bonds is 2. The first-order valence-electron chi connectivity index (χ1n) is 7.31. The molecule has 2 heteroatoms. The number of aliphatic hydroxyl groups excluding tert-OH is 1. The van der Waals surface area contributed by atoms with E-state index in [1.165, 1.54) is 25.8 Å². The summed E-state index contributed by atoms with van der Waals surface area (Å²) in [4.78, 5) is 2.54. The van der Waals surface area contributed by atoms with E-state index in [0.717, 1.165) is 25.9 Å². The zero-order valence-corrected chi connectivity index (χ0v) is 11.0. The van der Waals surface area contributed by atoms with Gasteiger partial charge in [-0.05, 0) is 49.1 Å². The lowest BCUT2D eigenvalue weighted by Crippen LogP contribution is -2.38. The van der Waals surface area contributed by atoms with Gasteiger partial charge in [0.05, 0.1) is 6.10 Å². The molecule has 1 fully saturated rings. The van der Waals surface area contributed by atoms with Gasteiger partial charge in [0, 0.05) is 19.6 Å². The molecule has 0 radical (unpaired) electrons. The van der Waals surface area contributed by atoms with Crippen LogP contribution in [0.15, 0.2) is 24.3 Å². The Labute approximate surface area is 110 Å². The fourth-order valence-electron chi connectivity index (χ4n) is 3.46. The molecule has 2 aliphatic rings. The van der Waals surface area contributed by atoms with E-state index in [1.807, 2.05) is 0 Å². The number of benzene rings is 1. The lowest BCUT2D eigenvalue weighted by Gasteiger charge is -2.34. The van der Waals surface area contributed by atoms with Gasteiger partial charge in [0.25, 0.3) is 0 Å². The van der Waals surface area contributed by atoms with E-state index in [9.17, 15) is 5.11 Å². The topological polar surface area (TPSA) is 23.5 Å². The summed E-state index contributed by atoms with van der Waals surface area (Å²) < 4.78 is 0. The minimum Gasteiger partial charge on any atom is -0.393 e. The number of likely N-dealkylation sites (tertiary alicyclic amines) is 1. The van der Waals surface area contributed by atoms with E-state index >= 15 is 0 Å². The third kappa shape index (κ3) is 2.60. The molecule has 0 spiro atoms. The number of aliphatic hydroxyl groups is 1. The molecule has 1 atom stereocenters. The number of hydrogen-bond acceptors (Lipinski definition) is 2. The van der Waals surface area contributed by atoms with Gasteiger partial charge in [-0.3, -0.25) is 0 Å². The van der Waals surface area contributed by atoms with Crippen LogP contribution in [0.5, 0.6) is 0 Å². The van der Waals surface area contributed by atoms with E-state index in [-0.39, 0.29) is 6.10 Å². The largest absolute Gasteiger partial charge is 0.393 e. The molecule has 1 aromatic carbocycles. The van der Waals surface area contributed by atoms with Crippen molar-refractivity contribution in [2.24, 2.45) is 0 Å². The minimum absolute atomic E-state index is 0.0557. The van der Waals surface area contributed by atoms with Crippen LogP contribution in [-0.2, 0) is 6.42 Å². The molecule has 0 amide bonds. The smallest absolute Gasteiger partial charge is 0.0564 e. The lowest BCUT2D eigenvalue weighted by molar-refractivity contribution is 0.0786. The van der Waals surface area contributed by atoms with Gasteiger partial charge in [-0.2, -0.15) is 0 Å². The Morgan fingerprint density at radius 2 is 1.89 bits per heavy atom. The molecule has 1 aromatic rings. The molecule has 0 saturated carbocycles. The Hall–Kier alpha value is -0.860. The van der Waals surface area contributed by atoms with Crippen molar-refractivity contribution >= 4 is 0 Å². The second-order valence-corrected chi connectivity index (χ2v) is 5.82. The van der Waals surface area contributed by atoms with Gasteiger partial charge in [0.15, 0.2) is 0 Å². The number of nitrogens with zero attached hydrogens (tertiary/aromatic N) is 1. The molecule has 98 valence electrons. The SMILES string of the molecule is OC1CCN(C[C@H]2CCCc3ccccc32)CC1. The van der Waals surface area contributed by atoms with Gasteiger partial charge >= 0.3 is 0 Å². The van der Waals surface area contributed by atoms with Crippen molar-refractivity contribution < 1.29 is 5.11 Å². The molecule has 3 rings (SSSR count). The van der Waals surface area contributed by atoms with Gasteiger partial charge in [-0.25, -0.2) is 0 Å². The zero-order chi connectivity index (χ0) is 12.4. The summed E-state index contributed by atoms with van der Waals surface area (Å²) >= 11 is 0. The lowest BCUT2D eigenvalue weighted by atomic mass is 9.82. The van der Waals surface area contributed by atoms with E-state index in [1.54, 1.807) is 11.1 Å². The van der Waals surface area contributed by atoms with Gasteiger partial charge < -0.3 is 10.0 Å². The fraction of sp³-hybridized carbons (Fsp3) is 0.625. The highest BCUT2D eigenvalue weighted by Gasteiger charge is 2.24. The summed E-state index contributed by atoms with van der Waals surface area (Å²) in [5.74, 6) is 0.713. The summed E-state index contributed by atoms with van der Waals surface area (Å²) in [6.45, 7) is 3.32. The van der Waals surface area contributed by atoms with E-state index in [4.69, 9.17) is 0 Å². The van der Waals surface area contributed by atoms with Gasteiger partial charge in [0.1, 0.15) is 0 Å². The number of aryl methyl sites for hydroxylation is 1. The molecule has 0 aromatic heterocycles. The zero-order valence-electron chi connectivity index (χ0n) is 11.0. The monoisotopic (exact) mass is 245 g/mol. The second kappa shape index (κ2) is 5.41. The summed E-state index contributed by atoms with van der Waals surface area (Å²) in [5.41, 5.74) is 3.14. The van der Waals surface area contributed by atoms with Crippen LogP contribution in [0, 0.1) is 0 Å². The van der Waals surface area contributed by atoms with Crippen LogP contribution in [0.1, 0.15) is 42.7 Å². The van der Waals surface area contributed by atoms with Crippen LogP contribution in [0.3, 0.4) is 0 Å². The summed E-state index contributed by atoms with van der Waals surface area (Å²) in [5, 5.41) is 9.56. The highest BCUT2D eigenvalue weighted by atomic mass is 16.3. The van der Waals surface area contributed by atoms with Crippen molar-refractivity contribution in [2.75, 3.05) is 19.6 Å². The second-order valence-electron chi connectivity index (χ2n) is 5.82. The molecule has 1 aliphatic carbocycles. The average Bonchev–Trinajstić information content (AvgIpc) is 2.42. The molecule has 1 aliphatic heterocycles. The molecule has 1 N–H and O–H groups in total. The maximum absolute atomic E-state index is 9.56. The van der Waals surface area contributed by atoms with E-state index < -0.39 is 0 Å². The standard InChI is InChI=1S/C16H23NO/c18-15-8-10-17(11-9-15)12-14-6-3-5-13-4-1-2-7-16(13)14/h1-2,4,7,14-15,18H,3,5-6,8-12H2/t14-/m1/s1. The number of piperidine rings is 1. The molecule has 0 bridgehead atoms.